The van der Waals surface area contributed by atoms with Gasteiger partial charge in [-0.25, -0.2) is 5.43 Å². The van der Waals surface area contributed by atoms with Crippen molar-refractivity contribution in [3.8, 4) is 10.6 Å². The van der Waals surface area contributed by atoms with Gasteiger partial charge >= 0.3 is 0 Å². The zero-order valence-electron chi connectivity index (χ0n) is 10.8. The smallest absolute Gasteiger partial charge is 0.235 e. The molecule has 4 heterocycles. The largest absolute Gasteiger partial charge is 0.264 e. The van der Waals surface area contributed by atoms with Gasteiger partial charge in [-0.05, 0) is 25.5 Å². The molecule has 0 spiro atoms. The summed E-state index contributed by atoms with van der Waals surface area (Å²) in [4.78, 5) is 4.93. The molecule has 3 aromatic heterocycles. The molecule has 1 aliphatic rings. The third-order valence-corrected chi connectivity index (χ3v) is 4.28. The molecule has 2 N–H and O–H groups in total. The lowest BCUT2D eigenvalue weighted by Gasteiger charge is -2.04. The highest BCUT2D eigenvalue weighted by Gasteiger charge is 2.27. The molecule has 1 fully saturated rings. The van der Waals surface area contributed by atoms with E-state index in [2.05, 4.69) is 38.1 Å². The number of hydrazine groups is 1. The van der Waals surface area contributed by atoms with E-state index in [0.717, 1.165) is 27.8 Å². The first-order valence-electron chi connectivity index (χ1n) is 6.45. The standard InChI is InChI=1S/C12H13N7S/c1-7-5-9(15-14-7)10-16-17-12-19(10)18-11(20-12)8-3-2-4-13-6-8/h2-4,6-7,9,14-15H,5H2,1H3. The van der Waals surface area contributed by atoms with E-state index in [4.69, 9.17) is 0 Å². The monoisotopic (exact) mass is 287 g/mol. The molecule has 0 aliphatic carbocycles. The van der Waals surface area contributed by atoms with E-state index in [1.54, 1.807) is 6.20 Å². The summed E-state index contributed by atoms with van der Waals surface area (Å²) in [6.45, 7) is 2.13. The molecule has 8 heteroatoms. The van der Waals surface area contributed by atoms with Gasteiger partial charge in [-0.1, -0.05) is 11.3 Å². The first-order valence-corrected chi connectivity index (χ1v) is 7.26. The second kappa shape index (κ2) is 4.58. The maximum absolute atomic E-state index is 4.61. The fraction of sp³-hybridized carbons (Fsp3) is 0.333. The Kier molecular flexibility index (Phi) is 2.72. The average molecular weight is 287 g/mol. The summed E-state index contributed by atoms with van der Waals surface area (Å²) in [5.41, 5.74) is 7.42. The summed E-state index contributed by atoms with van der Waals surface area (Å²) in [7, 11) is 0. The molecule has 3 aromatic rings. The minimum absolute atomic E-state index is 0.142. The minimum Gasteiger partial charge on any atom is -0.264 e. The van der Waals surface area contributed by atoms with Gasteiger partial charge in [0.2, 0.25) is 4.96 Å². The molecule has 0 bridgehead atoms. The van der Waals surface area contributed by atoms with Crippen molar-refractivity contribution in [2.75, 3.05) is 0 Å². The van der Waals surface area contributed by atoms with Crippen molar-refractivity contribution in [1.82, 2.24) is 35.6 Å². The van der Waals surface area contributed by atoms with Gasteiger partial charge in [-0.3, -0.25) is 10.4 Å². The Hall–Kier alpha value is -1.90. The van der Waals surface area contributed by atoms with E-state index < -0.39 is 0 Å². The van der Waals surface area contributed by atoms with Crippen LogP contribution in [0.25, 0.3) is 15.5 Å². The molecule has 4 rings (SSSR count). The van der Waals surface area contributed by atoms with E-state index in [0.29, 0.717) is 6.04 Å². The Morgan fingerprint density at radius 3 is 3.05 bits per heavy atom. The van der Waals surface area contributed by atoms with Crippen molar-refractivity contribution in [2.45, 2.75) is 25.4 Å². The number of hydrogen-bond acceptors (Lipinski definition) is 7. The van der Waals surface area contributed by atoms with Gasteiger partial charge in [-0.15, -0.1) is 10.2 Å². The molecular weight excluding hydrogens is 274 g/mol. The highest BCUT2D eigenvalue weighted by Crippen LogP contribution is 2.27. The van der Waals surface area contributed by atoms with Crippen LogP contribution < -0.4 is 10.9 Å². The molecule has 7 nitrogen and oxygen atoms in total. The fourth-order valence-electron chi connectivity index (χ4n) is 2.34. The molecule has 0 amide bonds. The quantitative estimate of drug-likeness (QED) is 0.736. The molecule has 102 valence electrons. The van der Waals surface area contributed by atoms with Crippen molar-refractivity contribution < 1.29 is 0 Å². The molecular formula is C12H13N7S. The average Bonchev–Trinajstić information content (AvgIpc) is 3.14. The molecule has 0 radical (unpaired) electrons. The van der Waals surface area contributed by atoms with E-state index >= 15 is 0 Å². The topological polar surface area (TPSA) is 80.0 Å². The van der Waals surface area contributed by atoms with Crippen molar-refractivity contribution in [1.29, 1.82) is 0 Å². The molecule has 1 aliphatic heterocycles. The maximum Gasteiger partial charge on any atom is 0.235 e. The van der Waals surface area contributed by atoms with Gasteiger partial charge in [0.15, 0.2) is 5.82 Å². The molecule has 20 heavy (non-hydrogen) atoms. The Labute approximate surface area is 119 Å². The van der Waals surface area contributed by atoms with Crippen molar-refractivity contribution in [3.63, 3.8) is 0 Å². The predicted molar refractivity (Wildman–Crippen MR) is 75.0 cm³/mol. The first kappa shape index (κ1) is 11.9. The van der Waals surface area contributed by atoms with Crippen molar-refractivity contribution in [3.05, 3.63) is 30.4 Å². The Morgan fingerprint density at radius 2 is 2.30 bits per heavy atom. The van der Waals surface area contributed by atoms with Crippen LogP contribution in [-0.4, -0.2) is 30.8 Å². The third-order valence-electron chi connectivity index (χ3n) is 3.33. The van der Waals surface area contributed by atoms with Crippen LogP contribution in [-0.2, 0) is 0 Å². The lowest BCUT2D eigenvalue weighted by Crippen LogP contribution is -2.29. The number of fused-ring (bicyclic) bond motifs is 1. The maximum atomic E-state index is 4.61. The summed E-state index contributed by atoms with van der Waals surface area (Å²) in [6, 6.07) is 4.46. The van der Waals surface area contributed by atoms with E-state index in [9.17, 15) is 0 Å². The van der Waals surface area contributed by atoms with Gasteiger partial charge in [0.25, 0.3) is 0 Å². The number of rotatable bonds is 2. The van der Waals surface area contributed by atoms with Gasteiger partial charge in [0.05, 0.1) is 6.04 Å². The van der Waals surface area contributed by atoms with Crippen LogP contribution in [0.1, 0.15) is 25.2 Å². The molecule has 0 aromatic carbocycles. The van der Waals surface area contributed by atoms with Crippen LogP contribution in [0.15, 0.2) is 24.5 Å². The summed E-state index contributed by atoms with van der Waals surface area (Å²) in [5.74, 6) is 0.850. The number of nitrogens with zero attached hydrogens (tertiary/aromatic N) is 5. The lowest BCUT2D eigenvalue weighted by molar-refractivity contribution is 0.534. The van der Waals surface area contributed by atoms with Gasteiger partial charge in [0.1, 0.15) is 5.01 Å². The zero-order valence-corrected chi connectivity index (χ0v) is 11.6. The minimum atomic E-state index is 0.142. The van der Waals surface area contributed by atoms with Crippen LogP contribution in [0.5, 0.6) is 0 Å². The SMILES string of the molecule is CC1CC(c2nnc3sc(-c4cccnc4)nn23)NN1. The second-order valence-electron chi connectivity index (χ2n) is 4.88. The van der Waals surface area contributed by atoms with Crippen LogP contribution in [0.3, 0.4) is 0 Å². The summed E-state index contributed by atoms with van der Waals surface area (Å²) < 4.78 is 1.82. The highest BCUT2D eigenvalue weighted by molar-refractivity contribution is 7.19. The van der Waals surface area contributed by atoms with Crippen LogP contribution in [0.4, 0.5) is 0 Å². The second-order valence-corrected chi connectivity index (χ2v) is 5.84. The van der Waals surface area contributed by atoms with Crippen molar-refractivity contribution in [2.24, 2.45) is 0 Å². The van der Waals surface area contributed by atoms with Crippen LogP contribution in [0.2, 0.25) is 0 Å². The Bertz CT molecular complexity index is 735. The fourth-order valence-corrected chi connectivity index (χ4v) is 3.18. The number of pyridine rings is 1. The summed E-state index contributed by atoms with van der Waals surface area (Å²) >= 11 is 1.52. The zero-order chi connectivity index (χ0) is 13.5. The van der Waals surface area contributed by atoms with E-state index in [1.807, 2.05) is 22.8 Å². The lowest BCUT2D eigenvalue weighted by atomic mass is 10.1. The number of nitrogens with one attached hydrogen (secondary N) is 2. The third kappa shape index (κ3) is 1.89. The number of hydrogen-bond donors (Lipinski definition) is 2. The van der Waals surface area contributed by atoms with E-state index in [1.165, 1.54) is 11.3 Å². The Balaban J connectivity index is 1.76. The highest BCUT2D eigenvalue weighted by atomic mass is 32.1. The van der Waals surface area contributed by atoms with Gasteiger partial charge in [-0.2, -0.15) is 9.61 Å². The van der Waals surface area contributed by atoms with Crippen LogP contribution >= 0.6 is 11.3 Å². The first-order chi connectivity index (χ1) is 9.81. The van der Waals surface area contributed by atoms with Crippen LogP contribution in [0, 0.1) is 0 Å². The molecule has 0 saturated carbocycles. The van der Waals surface area contributed by atoms with E-state index in [-0.39, 0.29) is 6.04 Å². The molecule has 2 unspecified atom stereocenters. The molecule has 1 saturated heterocycles. The Morgan fingerprint density at radius 1 is 1.35 bits per heavy atom. The number of aromatic nitrogens is 5. The van der Waals surface area contributed by atoms with Gasteiger partial charge in [0, 0.05) is 24.0 Å². The van der Waals surface area contributed by atoms with Crippen molar-refractivity contribution >= 4 is 16.3 Å². The predicted octanol–water partition coefficient (Wildman–Crippen LogP) is 1.18. The summed E-state index contributed by atoms with van der Waals surface area (Å²) in [5, 5.41) is 14.0. The normalized spacial score (nSPS) is 22.6. The molecule has 2 atom stereocenters. The summed E-state index contributed by atoms with van der Waals surface area (Å²) in [6.07, 6.45) is 4.54. The van der Waals surface area contributed by atoms with Gasteiger partial charge < -0.3 is 0 Å².